The minimum atomic E-state index is 0.871. The molecule has 1 fully saturated rings. The largest absolute Gasteiger partial charge is 0.0842 e. The summed E-state index contributed by atoms with van der Waals surface area (Å²) in [6, 6.07) is 0. The van der Waals surface area contributed by atoms with Gasteiger partial charge >= 0.3 is 0 Å². The van der Waals surface area contributed by atoms with E-state index in [-0.39, 0.29) is 0 Å². The van der Waals surface area contributed by atoms with Crippen LogP contribution in [0.5, 0.6) is 0 Å². The summed E-state index contributed by atoms with van der Waals surface area (Å²) in [6.45, 7) is 2.30. The van der Waals surface area contributed by atoms with Gasteiger partial charge in [0.05, 0.1) is 0 Å². The van der Waals surface area contributed by atoms with Gasteiger partial charge in [0.15, 0.2) is 0 Å². The molecule has 0 heterocycles. The lowest BCUT2D eigenvalue weighted by molar-refractivity contribution is 0.330. The molecular weight excluding hydrogens is 180 g/mol. The van der Waals surface area contributed by atoms with Crippen LogP contribution >= 0.6 is 0 Å². The summed E-state index contributed by atoms with van der Waals surface area (Å²) >= 11 is 0. The summed E-state index contributed by atoms with van der Waals surface area (Å²) in [6.07, 6.45) is 15.6. The van der Waals surface area contributed by atoms with Crippen LogP contribution in [0.1, 0.15) is 45.4 Å². The van der Waals surface area contributed by atoms with Gasteiger partial charge in [0.2, 0.25) is 0 Å². The van der Waals surface area contributed by atoms with E-state index >= 15 is 0 Å². The molecule has 0 aromatic carbocycles. The van der Waals surface area contributed by atoms with Crippen molar-refractivity contribution in [1.29, 1.82) is 0 Å². The molecule has 15 heavy (non-hydrogen) atoms. The van der Waals surface area contributed by atoms with Crippen molar-refractivity contribution < 1.29 is 0 Å². The quantitative estimate of drug-likeness (QED) is 0.543. The number of allylic oxidation sites excluding steroid dienone is 6. The molecule has 0 saturated heterocycles. The number of hydrogen-bond acceptors (Lipinski definition) is 0. The van der Waals surface area contributed by atoms with Gasteiger partial charge in [-0.1, -0.05) is 30.2 Å². The smallest absolute Gasteiger partial charge is 0.00908 e. The minimum absolute atomic E-state index is 0.871. The molecule has 3 rings (SSSR count). The van der Waals surface area contributed by atoms with Crippen molar-refractivity contribution in [2.75, 3.05) is 0 Å². The van der Waals surface area contributed by atoms with Crippen LogP contribution in [0.4, 0.5) is 0 Å². The highest BCUT2D eigenvalue weighted by atomic mass is 14.4. The highest BCUT2D eigenvalue weighted by Gasteiger charge is 2.33. The van der Waals surface area contributed by atoms with Crippen LogP contribution in [0.2, 0.25) is 0 Å². The van der Waals surface area contributed by atoms with E-state index in [1.807, 2.05) is 0 Å². The van der Waals surface area contributed by atoms with Crippen LogP contribution in [0.25, 0.3) is 0 Å². The van der Waals surface area contributed by atoms with E-state index in [4.69, 9.17) is 0 Å². The van der Waals surface area contributed by atoms with Crippen molar-refractivity contribution in [2.24, 2.45) is 11.8 Å². The van der Waals surface area contributed by atoms with Crippen molar-refractivity contribution in [3.63, 3.8) is 0 Å². The lowest BCUT2D eigenvalue weighted by Crippen LogP contribution is -2.26. The molecule has 3 aliphatic carbocycles. The summed E-state index contributed by atoms with van der Waals surface area (Å²) < 4.78 is 0. The molecule has 2 atom stereocenters. The van der Waals surface area contributed by atoms with Gasteiger partial charge in [0.1, 0.15) is 0 Å². The first-order valence-electron chi connectivity index (χ1n) is 6.44. The van der Waals surface area contributed by atoms with Crippen LogP contribution < -0.4 is 0 Å². The second-order valence-electron chi connectivity index (χ2n) is 5.30. The number of rotatable bonds is 0. The van der Waals surface area contributed by atoms with Crippen LogP contribution in [0.15, 0.2) is 34.9 Å². The first-order valence-corrected chi connectivity index (χ1v) is 6.44. The van der Waals surface area contributed by atoms with Crippen LogP contribution in [0.3, 0.4) is 0 Å². The molecule has 80 valence electrons. The monoisotopic (exact) mass is 200 g/mol. The minimum Gasteiger partial charge on any atom is -0.0842 e. The van der Waals surface area contributed by atoms with Crippen LogP contribution in [0, 0.1) is 11.8 Å². The lowest BCUT2D eigenvalue weighted by atomic mass is 9.66. The van der Waals surface area contributed by atoms with E-state index in [9.17, 15) is 0 Å². The second kappa shape index (κ2) is 3.66. The van der Waals surface area contributed by atoms with Crippen molar-refractivity contribution in [3.8, 4) is 0 Å². The Hall–Kier alpha value is -0.780. The average molecular weight is 200 g/mol. The molecule has 1 saturated carbocycles. The fourth-order valence-corrected chi connectivity index (χ4v) is 3.67. The Bertz CT molecular complexity index is 354. The van der Waals surface area contributed by atoms with Gasteiger partial charge in [-0.25, -0.2) is 0 Å². The summed E-state index contributed by atoms with van der Waals surface area (Å²) in [5, 5.41) is 0. The Labute approximate surface area is 92.8 Å². The normalized spacial score (nSPS) is 34.6. The van der Waals surface area contributed by atoms with Crippen molar-refractivity contribution in [3.05, 3.63) is 34.9 Å². The first-order chi connectivity index (χ1) is 7.36. The first kappa shape index (κ1) is 9.45. The van der Waals surface area contributed by atoms with Crippen molar-refractivity contribution >= 4 is 0 Å². The predicted octanol–water partition coefficient (Wildman–Crippen LogP) is 4.40. The van der Waals surface area contributed by atoms with Gasteiger partial charge < -0.3 is 0 Å². The lowest BCUT2D eigenvalue weighted by Gasteiger charge is -2.39. The van der Waals surface area contributed by atoms with Crippen molar-refractivity contribution in [2.45, 2.75) is 45.4 Å². The molecule has 0 heteroatoms. The fourth-order valence-electron chi connectivity index (χ4n) is 3.67. The summed E-state index contributed by atoms with van der Waals surface area (Å²) in [4.78, 5) is 0. The van der Waals surface area contributed by atoms with E-state index in [0.717, 1.165) is 11.8 Å². The average Bonchev–Trinajstić information content (AvgIpc) is 2.30. The highest BCUT2D eigenvalue weighted by Crippen LogP contribution is 2.46. The van der Waals surface area contributed by atoms with E-state index in [0.29, 0.717) is 0 Å². The molecule has 2 unspecified atom stereocenters. The highest BCUT2D eigenvalue weighted by molar-refractivity contribution is 5.43. The Morgan fingerprint density at radius 2 is 2.07 bits per heavy atom. The van der Waals surface area contributed by atoms with E-state index < -0.39 is 0 Å². The summed E-state index contributed by atoms with van der Waals surface area (Å²) in [5.74, 6) is 1.78. The van der Waals surface area contributed by atoms with Gasteiger partial charge in [0, 0.05) is 0 Å². The second-order valence-corrected chi connectivity index (χ2v) is 5.30. The zero-order chi connectivity index (χ0) is 10.3. The maximum atomic E-state index is 2.49. The van der Waals surface area contributed by atoms with Crippen LogP contribution in [-0.2, 0) is 0 Å². The number of hydrogen-bond donors (Lipinski definition) is 0. The Kier molecular flexibility index (Phi) is 2.31. The van der Waals surface area contributed by atoms with Crippen LogP contribution in [-0.4, -0.2) is 0 Å². The Morgan fingerprint density at radius 3 is 3.00 bits per heavy atom. The molecule has 0 spiro atoms. The predicted molar refractivity (Wildman–Crippen MR) is 64.6 cm³/mol. The molecule has 0 aromatic rings. The molecular formula is C15H20. The molecule has 0 nitrogen and oxygen atoms in total. The van der Waals surface area contributed by atoms with Gasteiger partial charge in [-0.05, 0) is 62.0 Å². The summed E-state index contributed by atoms with van der Waals surface area (Å²) in [7, 11) is 0. The maximum absolute atomic E-state index is 2.49. The topological polar surface area (TPSA) is 0 Å². The molecule has 0 aromatic heterocycles. The Balaban J connectivity index is 2.02. The van der Waals surface area contributed by atoms with E-state index in [1.54, 1.807) is 16.7 Å². The van der Waals surface area contributed by atoms with E-state index in [1.165, 1.54) is 38.5 Å². The third-order valence-corrected chi connectivity index (χ3v) is 4.39. The third kappa shape index (κ3) is 1.51. The summed E-state index contributed by atoms with van der Waals surface area (Å²) in [5.41, 5.74) is 4.96. The number of fused-ring (bicyclic) bond motifs is 3. The molecule has 0 amide bonds. The van der Waals surface area contributed by atoms with E-state index in [2.05, 4.69) is 25.2 Å². The SMILES string of the molecule is CC1=C2C=CCCC2C2CCCCC2=C1. The zero-order valence-electron chi connectivity index (χ0n) is 9.63. The molecule has 3 aliphatic rings. The van der Waals surface area contributed by atoms with Gasteiger partial charge in [-0.2, -0.15) is 0 Å². The standard InChI is InChI=1S/C15H20/c1-11-10-12-6-2-3-8-14(12)15-9-5-4-7-13(11)15/h4,7,10,14-15H,2-3,5-6,8-9H2,1H3. The molecule has 0 radical (unpaired) electrons. The van der Waals surface area contributed by atoms with Gasteiger partial charge in [-0.15, -0.1) is 0 Å². The third-order valence-electron chi connectivity index (χ3n) is 4.39. The van der Waals surface area contributed by atoms with Crippen molar-refractivity contribution in [1.82, 2.24) is 0 Å². The van der Waals surface area contributed by atoms with Gasteiger partial charge in [0.25, 0.3) is 0 Å². The zero-order valence-corrected chi connectivity index (χ0v) is 9.63. The van der Waals surface area contributed by atoms with Gasteiger partial charge in [-0.3, -0.25) is 0 Å². The Morgan fingerprint density at radius 1 is 1.13 bits per heavy atom. The maximum Gasteiger partial charge on any atom is -0.00908 e. The molecule has 0 aliphatic heterocycles. The molecule has 0 bridgehead atoms. The molecule has 0 N–H and O–H groups in total. The fraction of sp³-hybridized carbons (Fsp3) is 0.600.